The topological polar surface area (TPSA) is 102 Å². The highest BCUT2D eigenvalue weighted by molar-refractivity contribution is 7.97. The van der Waals surface area contributed by atoms with Crippen LogP contribution in [0.3, 0.4) is 0 Å². The van der Waals surface area contributed by atoms with Crippen molar-refractivity contribution in [2.75, 3.05) is 19.6 Å². The molecule has 7 nitrogen and oxygen atoms in total. The van der Waals surface area contributed by atoms with Gasteiger partial charge in [0.1, 0.15) is 6.10 Å². The van der Waals surface area contributed by atoms with Crippen molar-refractivity contribution < 1.29 is 19.8 Å². The Bertz CT molecular complexity index is 933. The lowest BCUT2D eigenvalue weighted by Gasteiger charge is -2.28. The normalized spacial score (nSPS) is 16.6. The zero-order chi connectivity index (χ0) is 25.2. The van der Waals surface area contributed by atoms with E-state index < -0.39 is 18.2 Å². The third-order valence-electron chi connectivity index (χ3n) is 5.94. The van der Waals surface area contributed by atoms with E-state index in [9.17, 15) is 19.8 Å². The van der Waals surface area contributed by atoms with Gasteiger partial charge in [0.25, 0.3) is 5.91 Å². The predicted molar refractivity (Wildman–Crippen MR) is 139 cm³/mol. The molecule has 2 amide bonds. The third-order valence-corrected chi connectivity index (χ3v) is 7.05. The Balaban J connectivity index is 1.65. The molecule has 35 heavy (non-hydrogen) atoms. The minimum absolute atomic E-state index is 0.239. The summed E-state index contributed by atoms with van der Waals surface area (Å²) in [6, 6.07) is 16.1. The van der Waals surface area contributed by atoms with Gasteiger partial charge in [-0.05, 0) is 67.0 Å². The molecule has 1 saturated heterocycles. The SMILES string of the molecule is CC(C)CNC(=O)C[C@@H](O)[C@H](O)[C@H](Cc1ccccc1)NC(=O)c1ccc(SN2CCCC2)cc1. The zero-order valence-corrected chi connectivity index (χ0v) is 21.3. The van der Waals surface area contributed by atoms with Crippen molar-refractivity contribution in [3.05, 3.63) is 65.7 Å². The van der Waals surface area contributed by atoms with Crippen molar-refractivity contribution in [3.8, 4) is 0 Å². The van der Waals surface area contributed by atoms with Crippen LogP contribution in [-0.4, -0.2) is 64.2 Å². The van der Waals surface area contributed by atoms with E-state index in [-0.39, 0.29) is 24.2 Å². The van der Waals surface area contributed by atoms with Gasteiger partial charge in [0.05, 0.1) is 18.6 Å². The third kappa shape index (κ3) is 8.96. The van der Waals surface area contributed by atoms with Gasteiger partial charge in [-0.3, -0.25) is 9.59 Å². The summed E-state index contributed by atoms with van der Waals surface area (Å²) in [4.78, 5) is 26.3. The number of aliphatic hydroxyl groups excluding tert-OH is 2. The van der Waals surface area contributed by atoms with Gasteiger partial charge in [0.2, 0.25) is 5.91 Å². The largest absolute Gasteiger partial charge is 0.390 e. The number of benzene rings is 2. The molecule has 0 aliphatic carbocycles. The first kappa shape index (κ1) is 27.2. The number of amides is 2. The van der Waals surface area contributed by atoms with Crippen molar-refractivity contribution in [3.63, 3.8) is 0 Å². The van der Waals surface area contributed by atoms with Crippen molar-refractivity contribution >= 4 is 23.8 Å². The molecule has 8 heteroatoms. The van der Waals surface area contributed by atoms with Crippen LogP contribution in [0.5, 0.6) is 0 Å². The summed E-state index contributed by atoms with van der Waals surface area (Å²) in [5, 5.41) is 27.1. The number of nitrogens with zero attached hydrogens (tertiary/aromatic N) is 1. The van der Waals surface area contributed by atoms with Crippen LogP contribution in [0.25, 0.3) is 0 Å². The highest BCUT2D eigenvalue weighted by atomic mass is 32.2. The molecule has 0 spiro atoms. The molecule has 190 valence electrons. The molecular weight excluding hydrogens is 462 g/mol. The Morgan fingerprint density at radius 1 is 1.00 bits per heavy atom. The Hall–Kier alpha value is -2.39. The number of carbonyl (C=O) groups is 2. The second kappa shape index (κ2) is 13.6. The Labute approximate surface area is 212 Å². The molecule has 4 N–H and O–H groups in total. The minimum atomic E-state index is -1.31. The first-order valence-corrected chi connectivity index (χ1v) is 13.1. The second-order valence-electron chi connectivity index (χ2n) is 9.48. The van der Waals surface area contributed by atoms with Gasteiger partial charge in [0.15, 0.2) is 0 Å². The molecule has 1 heterocycles. The molecule has 0 saturated carbocycles. The molecule has 3 atom stereocenters. The number of hydrogen-bond acceptors (Lipinski definition) is 6. The van der Waals surface area contributed by atoms with Crippen LogP contribution in [0.4, 0.5) is 0 Å². The van der Waals surface area contributed by atoms with Gasteiger partial charge < -0.3 is 20.8 Å². The fourth-order valence-corrected chi connectivity index (χ4v) is 4.94. The fraction of sp³-hybridized carbons (Fsp3) is 0.481. The molecule has 3 rings (SSSR count). The van der Waals surface area contributed by atoms with Crippen molar-refractivity contribution in [1.82, 2.24) is 14.9 Å². The predicted octanol–water partition coefficient (Wildman–Crippen LogP) is 3.01. The van der Waals surface area contributed by atoms with E-state index in [1.165, 1.54) is 12.8 Å². The van der Waals surface area contributed by atoms with Crippen LogP contribution < -0.4 is 10.6 Å². The van der Waals surface area contributed by atoms with Crippen molar-refractivity contribution in [2.24, 2.45) is 5.92 Å². The van der Waals surface area contributed by atoms with Crippen molar-refractivity contribution in [2.45, 2.75) is 62.7 Å². The summed E-state index contributed by atoms with van der Waals surface area (Å²) in [5.74, 6) is -0.383. The minimum Gasteiger partial charge on any atom is -0.390 e. The number of aliphatic hydroxyl groups is 2. The standard InChI is InChI=1S/C27H37N3O4S/c1-19(2)18-28-25(32)17-24(31)26(33)23(16-20-8-4-3-5-9-20)29-27(34)21-10-12-22(13-11-21)35-30-14-6-7-15-30/h3-5,8-13,19,23-24,26,31,33H,6-7,14-18H2,1-2H3,(H,28,32)(H,29,34)/t23-,24+,26+/m0/s1. The highest BCUT2D eigenvalue weighted by Crippen LogP contribution is 2.26. The van der Waals surface area contributed by atoms with E-state index in [0.717, 1.165) is 23.5 Å². The first-order chi connectivity index (χ1) is 16.8. The highest BCUT2D eigenvalue weighted by Gasteiger charge is 2.30. The van der Waals surface area contributed by atoms with Gasteiger partial charge in [-0.2, -0.15) is 0 Å². The Kier molecular flexibility index (Phi) is 10.6. The Morgan fingerprint density at radius 2 is 1.66 bits per heavy atom. The first-order valence-electron chi connectivity index (χ1n) is 12.3. The summed E-state index contributed by atoms with van der Waals surface area (Å²) in [6.45, 7) is 6.61. The number of hydrogen-bond donors (Lipinski definition) is 4. The summed E-state index contributed by atoms with van der Waals surface area (Å²) in [5.41, 5.74) is 1.39. The van der Waals surface area contributed by atoms with Crippen LogP contribution in [0.2, 0.25) is 0 Å². The molecule has 0 bridgehead atoms. The average Bonchev–Trinajstić information content (AvgIpc) is 3.36. The van der Waals surface area contributed by atoms with Crippen molar-refractivity contribution in [1.29, 1.82) is 0 Å². The maximum atomic E-state index is 13.0. The number of carbonyl (C=O) groups excluding carboxylic acids is 2. The molecule has 1 fully saturated rings. The second-order valence-corrected chi connectivity index (χ2v) is 10.7. The van der Waals surface area contributed by atoms with Gasteiger partial charge in [-0.25, -0.2) is 4.31 Å². The van der Waals surface area contributed by atoms with Gasteiger partial charge in [0, 0.05) is 30.1 Å². The zero-order valence-electron chi connectivity index (χ0n) is 20.5. The van der Waals surface area contributed by atoms with Crippen LogP contribution >= 0.6 is 11.9 Å². The molecule has 1 aliphatic heterocycles. The molecule has 1 aliphatic rings. The van der Waals surface area contributed by atoms with Gasteiger partial charge >= 0.3 is 0 Å². The smallest absolute Gasteiger partial charge is 0.251 e. The molecule has 2 aromatic rings. The lowest BCUT2D eigenvalue weighted by Crippen LogP contribution is -2.50. The van der Waals surface area contributed by atoms with E-state index in [1.54, 1.807) is 24.1 Å². The summed E-state index contributed by atoms with van der Waals surface area (Å²) < 4.78 is 2.32. The molecule has 2 aromatic carbocycles. The van der Waals surface area contributed by atoms with Gasteiger partial charge in [-0.15, -0.1) is 0 Å². The van der Waals surface area contributed by atoms with Crippen LogP contribution in [0, 0.1) is 5.92 Å². The quantitative estimate of drug-likeness (QED) is 0.335. The summed E-state index contributed by atoms with van der Waals surface area (Å²) >= 11 is 1.70. The molecular formula is C27H37N3O4S. The maximum absolute atomic E-state index is 13.0. The van der Waals surface area contributed by atoms with Crippen LogP contribution in [0.1, 0.15) is 49.0 Å². The van der Waals surface area contributed by atoms with E-state index >= 15 is 0 Å². The molecule has 0 aromatic heterocycles. The van der Waals surface area contributed by atoms with Crippen LogP contribution in [-0.2, 0) is 11.2 Å². The van der Waals surface area contributed by atoms with E-state index in [4.69, 9.17) is 0 Å². The summed E-state index contributed by atoms with van der Waals surface area (Å²) in [6.07, 6.45) is -0.115. The fourth-order valence-electron chi connectivity index (χ4n) is 3.94. The maximum Gasteiger partial charge on any atom is 0.251 e. The van der Waals surface area contributed by atoms with Gasteiger partial charge in [-0.1, -0.05) is 44.2 Å². The monoisotopic (exact) mass is 499 g/mol. The average molecular weight is 500 g/mol. The van der Waals surface area contributed by atoms with E-state index in [0.29, 0.717) is 18.5 Å². The number of nitrogens with one attached hydrogen (secondary N) is 2. The number of rotatable bonds is 12. The van der Waals surface area contributed by atoms with E-state index in [2.05, 4.69) is 14.9 Å². The van der Waals surface area contributed by atoms with E-state index in [1.807, 2.05) is 56.3 Å². The molecule has 0 radical (unpaired) electrons. The Morgan fingerprint density at radius 3 is 2.29 bits per heavy atom. The lowest BCUT2D eigenvalue weighted by molar-refractivity contribution is -0.125. The van der Waals surface area contributed by atoms with Crippen LogP contribution in [0.15, 0.2) is 59.5 Å². The summed E-state index contributed by atoms with van der Waals surface area (Å²) in [7, 11) is 0. The molecule has 0 unspecified atom stereocenters. The lowest BCUT2D eigenvalue weighted by atomic mass is 9.95.